The van der Waals surface area contributed by atoms with E-state index >= 15 is 0 Å². The van der Waals surface area contributed by atoms with Gasteiger partial charge in [0.1, 0.15) is 0 Å². The molecule has 2 rings (SSSR count). The van der Waals surface area contributed by atoms with Crippen molar-refractivity contribution in [1.82, 2.24) is 0 Å². The molecule has 0 amide bonds. The molecule has 1 nitrogen and oxygen atoms in total. The molecule has 0 fully saturated rings. The quantitative estimate of drug-likeness (QED) is 0.534. The summed E-state index contributed by atoms with van der Waals surface area (Å²) >= 11 is 11.6. The molecule has 0 aromatic heterocycles. The first-order valence-corrected chi connectivity index (χ1v) is 9.86. The van der Waals surface area contributed by atoms with Gasteiger partial charge in [0.15, 0.2) is 9.79 Å². The predicted molar refractivity (Wildman–Crippen MR) is 105 cm³/mol. The molecule has 0 saturated heterocycles. The Hall–Kier alpha value is -0.670. The van der Waals surface area contributed by atoms with Crippen molar-refractivity contribution in [3.8, 4) is 0 Å². The summed E-state index contributed by atoms with van der Waals surface area (Å²) in [6.07, 6.45) is 0. The lowest BCUT2D eigenvalue weighted by Gasteiger charge is -2.23. The van der Waals surface area contributed by atoms with Crippen molar-refractivity contribution in [2.75, 3.05) is 0 Å². The van der Waals surface area contributed by atoms with Crippen molar-refractivity contribution in [3.63, 3.8) is 0 Å². The summed E-state index contributed by atoms with van der Waals surface area (Å²) in [5, 5.41) is 1.53. The van der Waals surface area contributed by atoms with E-state index in [0.717, 1.165) is 64.3 Å². The Kier molecular flexibility index (Phi) is 5.66. The van der Waals surface area contributed by atoms with E-state index in [1.54, 1.807) is 0 Å². The zero-order valence-electron chi connectivity index (χ0n) is 15.6. The average molecular weight is 383 g/mol. The predicted octanol–water partition coefficient (Wildman–Crippen LogP) is 6.63. The minimum atomic E-state index is -1.27. The molecule has 0 aliphatic carbocycles. The monoisotopic (exact) mass is 382 g/mol. The highest BCUT2D eigenvalue weighted by Crippen LogP contribution is 2.40. The fraction of sp³-hybridized carbons (Fsp3) is 0.400. The van der Waals surface area contributed by atoms with Crippen LogP contribution in [-0.2, 0) is 11.2 Å². The Morgan fingerprint density at radius 3 is 0.917 bits per heavy atom. The molecule has 0 spiro atoms. The van der Waals surface area contributed by atoms with Gasteiger partial charge in [-0.05, 0) is 77.6 Å². The highest BCUT2D eigenvalue weighted by molar-refractivity contribution is 7.91. The molecule has 24 heavy (non-hydrogen) atoms. The number of rotatable bonds is 2. The summed E-state index contributed by atoms with van der Waals surface area (Å²) in [5.41, 5.74) is 8.02. The Bertz CT molecular complexity index is 713. The third-order valence-corrected chi connectivity index (χ3v) is 8.40. The van der Waals surface area contributed by atoms with Gasteiger partial charge in [0, 0.05) is 43.5 Å². The second-order valence-corrected chi connectivity index (χ2v) is 8.66. The van der Waals surface area contributed by atoms with Crippen LogP contribution in [0.15, 0.2) is 9.79 Å². The first kappa shape index (κ1) is 19.7. The third-order valence-electron chi connectivity index (χ3n) is 5.30. The molecule has 0 unspecified atom stereocenters. The van der Waals surface area contributed by atoms with E-state index in [1.165, 1.54) is 0 Å². The summed E-state index contributed by atoms with van der Waals surface area (Å²) in [4.78, 5) is 1.75. The van der Waals surface area contributed by atoms with Crippen LogP contribution in [0.1, 0.15) is 44.5 Å². The van der Waals surface area contributed by atoms with Crippen LogP contribution in [0.5, 0.6) is 0 Å². The van der Waals surface area contributed by atoms with E-state index in [9.17, 15) is 4.55 Å². The summed E-state index contributed by atoms with van der Waals surface area (Å²) in [6, 6.07) is 0. The maximum Gasteiger partial charge on any atom is 0.164 e. The molecule has 4 heteroatoms. The Morgan fingerprint density at radius 2 is 0.708 bits per heavy atom. The third kappa shape index (κ3) is 2.88. The zero-order chi connectivity index (χ0) is 18.5. The maximum atomic E-state index is 13.6. The number of hydrogen-bond donors (Lipinski definition) is 0. The average Bonchev–Trinajstić information content (AvgIpc) is 2.55. The van der Waals surface area contributed by atoms with Gasteiger partial charge in [-0.1, -0.05) is 23.2 Å². The largest absolute Gasteiger partial charge is 0.606 e. The SMILES string of the molecule is Cc1c(C)c([S+]([O-])c2c(C)c(C)c(Cl)c(C)c2C)c(C)c(C)c1Cl. The van der Waals surface area contributed by atoms with Crippen molar-refractivity contribution < 1.29 is 4.55 Å². The first-order valence-electron chi connectivity index (χ1n) is 7.95. The van der Waals surface area contributed by atoms with Crippen molar-refractivity contribution in [2.45, 2.75) is 65.2 Å². The van der Waals surface area contributed by atoms with Gasteiger partial charge in [-0.15, -0.1) is 0 Å². The minimum absolute atomic E-state index is 0.766. The molecule has 0 aliphatic rings. The number of halogens is 2. The lowest BCUT2D eigenvalue weighted by molar-refractivity contribution is 0.592. The second-order valence-electron chi connectivity index (χ2n) is 6.55. The van der Waals surface area contributed by atoms with Gasteiger partial charge in [-0.25, -0.2) is 0 Å². The van der Waals surface area contributed by atoms with Gasteiger partial charge in [-0.2, -0.15) is 0 Å². The number of hydrogen-bond acceptors (Lipinski definition) is 1. The summed E-state index contributed by atoms with van der Waals surface area (Å²) < 4.78 is 13.6. The molecule has 0 heterocycles. The van der Waals surface area contributed by atoms with Gasteiger partial charge in [0.05, 0.1) is 0 Å². The van der Waals surface area contributed by atoms with Crippen LogP contribution < -0.4 is 0 Å². The number of benzene rings is 2. The van der Waals surface area contributed by atoms with Crippen LogP contribution in [0.2, 0.25) is 10.0 Å². The van der Waals surface area contributed by atoms with Crippen LogP contribution >= 0.6 is 23.2 Å². The molecule has 0 saturated carbocycles. The van der Waals surface area contributed by atoms with E-state index in [2.05, 4.69) is 0 Å². The molecule has 0 radical (unpaired) electrons. The molecule has 0 bridgehead atoms. The van der Waals surface area contributed by atoms with Crippen LogP contribution in [-0.4, -0.2) is 4.55 Å². The van der Waals surface area contributed by atoms with Gasteiger partial charge >= 0.3 is 0 Å². The highest BCUT2D eigenvalue weighted by atomic mass is 35.5. The summed E-state index contributed by atoms with van der Waals surface area (Å²) in [5.74, 6) is 0. The van der Waals surface area contributed by atoms with Crippen molar-refractivity contribution >= 4 is 34.4 Å². The summed E-state index contributed by atoms with van der Waals surface area (Å²) in [6.45, 7) is 16.0. The first-order chi connectivity index (χ1) is 11.0. The Balaban J connectivity index is 2.84. The normalized spacial score (nSPS) is 11.5. The second kappa shape index (κ2) is 6.92. The van der Waals surface area contributed by atoms with E-state index < -0.39 is 11.2 Å². The zero-order valence-corrected chi connectivity index (χ0v) is 17.9. The fourth-order valence-electron chi connectivity index (χ4n) is 3.12. The van der Waals surface area contributed by atoms with E-state index in [4.69, 9.17) is 23.2 Å². The highest BCUT2D eigenvalue weighted by Gasteiger charge is 2.29. The molecular weight excluding hydrogens is 359 g/mol. The molecule has 0 atom stereocenters. The van der Waals surface area contributed by atoms with E-state index in [-0.39, 0.29) is 0 Å². The van der Waals surface area contributed by atoms with Crippen LogP contribution in [0.3, 0.4) is 0 Å². The standard InChI is InChI=1S/C20H24Cl2OS/c1-9-13(5)19(14(6)10(2)17(9)21)24(23)20-15(7)11(3)18(22)12(4)16(20)8/h1-8H3. The van der Waals surface area contributed by atoms with E-state index in [1.807, 2.05) is 55.4 Å². The van der Waals surface area contributed by atoms with Crippen LogP contribution in [0.4, 0.5) is 0 Å². The molecule has 2 aromatic carbocycles. The Morgan fingerprint density at radius 1 is 0.500 bits per heavy atom. The van der Waals surface area contributed by atoms with Crippen LogP contribution in [0, 0.1) is 55.4 Å². The minimum Gasteiger partial charge on any atom is -0.606 e. The molecule has 2 aromatic rings. The molecule has 0 N–H and O–H groups in total. The van der Waals surface area contributed by atoms with Gasteiger partial charge in [0.2, 0.25) is 0 Å². The molecular formula is C20H24Cl2OS. The Labute approximate surface area is 158 Å². The van der Waals surface area contributed by atoms with Gasteiger partial charge in [0.25, 0.3) is 0 Å². The van der Waals surface area contributed by atoms with Crippen LogP contribution in [0.25, 0.3) is 0 Å². The molecule has 0 aliphatic heterocycles. The van der Waals surface area contributed by atoms with Crippen molar-refractivity contribution in [1.29, 1.82) is 0 Å². The van der Waals surface area contributed by atoms with Crippen molar-refractivity contribution in [3.05, 3.63) is 54.6 Å². The summed E-state index contributed by atoms with van der Waals surface area (Å²) in [7, 11) is 0. The van der Waals surface area contributed by atoms with Gasteiger partial charge in [-0.3, -0.25) is 0 Å². The van der Waals surface area contributed by atoms with Crippen molar-refractivity contribution in [2.24, 2.45) is 0 Å². The molecule has 130 valence electrons. The topological polar surface area (TPSA) is 23.1 Å². The van der Waals surface area contributed by atoms with Gasteiger partial charge < -0.3 is 4.55 Å². The maximum absolute atomic E-state index is 13.6. The lowest BCUT2D eigenvalue weighted by atomic mass is 10.0. The lowest BCUT2D eigenvalue weighted by Crippen LogP contribution is -2.14. The fourth-order valence-corrected chi connectivity index (χ4v) is 5.62. The van der Waals surface area contributed by atoms with E-state index in [0.29, 0.717) is 0 Å². The smallest absolute Gasteiger partial charge is 0.164 e.